The third-order valence-electron chi connectivity index (χ3n) is 3.96. The molecule has 0 bridgehead atoms. The van der Waals surface area contributed by atoms with E-state index in [1.54, 1.807) is 12.1 Å². The Balaban J connectivity index is 2.37. The lowest BCUT2D eigenvalue weighted by Crippen LogP contribution is -2.34. The highest BCUT2D eigenvalue weighted by atomic mass is 16.5. The van der Waals surface area contributed by atoms with Crippen LogP contribution in [0.4, 0.5) is 22.7 Å². The molecule has 0 radical (unpaired) electrons. The maximum Gasteiger partial charge on any atom is 0.0907 e. The number of hydrogen-bond donors (Lipinski definition) is 4. The smallest absolute Gasteiger partial charge is 0.0907 e. The van der Waals surface area contributed by atoms with Gasteiger partial charge in [-0.3, -0.25) is 0 Å². The Bertz CT molecular complexity index is 661. The summed E-state index contributed by atoms with van der Waals surface area (Å²) in [6.07, 6.45) is 0. The summed E-state index contributed by atoms with van der Waals surface area (Å²) in [5.41, 5.74) is 26.8. The maximum atomic E-state index is 6.40. The standard InChI is InChI=1S/C18H26N4O/c1-17(2,13-7-5-11(19)9-15(13)21)23-18(3,4)14-8-6-12(20)10-16(14)22/h5-10H,19-22H2,1-4H3. The van der Waals surface area contributed by atoms with Gasteiger partial charge in [0.25, 0.3) is 0 Å². The number of benzene rings is 2. The molecule has 0 aliphatic rings. The molecule has 0 unspecified atom stereocenters. The van der Waals surface area contributed by atoms with E-state index in [9.17, 15) is 0 Å². The van der Waals surface area contributed by atoms with Gasteiger partial charge in [0, 0.05) is 33.9 Å². The van der Waals surface area contributed by atoms with Gasteiger partial charge in [-0.25, -0.2) is 0 Å². The molecule has 0 heterocycles. The number of nitrogens with two attached hydrogens (primary N) is 4. The first-order chi connectivity index (χ1) is 10.5. The largest absolute Gasteiger partial charge is 0.399 e. The van der Waals surface area contributed by atoms with Gasteiger partial charge < -0.3 is 27.7 Å². The predicted octanol–water partition coefficient (Wildman–Crippen LogP) is 3.20. The number of nitrogen functional groups attached to an aromatic ring is 4. The van der Waals surface area contributed by atoms with E-state index in [0.29, 0.717) is 22.7 Å². The Hall–Kier alpha value is -2.40. The van der Waals surface area contributed by atoms with Gasteiger partial charge in [0.2, 0.25) is 0 Å². The molecule has 2 rings (SSSR count). The summed E-state index contributed by atoms with van der Waals surface area (Å²) >= 11 is 0. The first kappa shape index (κ1) is 17.0. The maximum absolute atomic E-state index is 6.40. The summed E-state index contributed by atoms with van der Waals surface area (Å²) < 4.78 is 6.40. The van der Waals surface area contributed by atoms with E-state index in [1.807, 2.05) is 52.0 Å². The van der Waals surface area contributed by atoms with Gasteiger partial charge in [-0.1, -0.05) is 12.1 Å². The quantitative estimate of drug-likeness (QED) is 0.647. The molecular formula is C18H26N4O. The second-order valence-electron chi connectivity index (χ2n) is 6.82. The Morgan fingerprint density at radius 3 is 1.30 bits per heavy atom. The van der Waals surface area contributed by atoms with Gasteiger partial charge in [0.05, 0.1) is 11.2 Å². The van der Waals surface area contributed by atoms with Crippen LogP contribution in [0.25, 0.3) is 0 Å². The summed E-state index contributed by atoms with van der Waals surface area (Å²) in [4.78, 5) is 0. The van der Waals surface area contributed by atoms with Crippen molar-refractivity contribution in [1.82, 2.24) is 0 Å². The molecule has 5 nitrogen and oxygen atoms in total. The van der Waals surface area contributed by atoms with Crippen molar-refractivity contribution in [2.75, 3.05) is 22.9 Å². The molecule has 0 fully saturated rings. The molecule has 0 aliphatic carbocycles. The number of anilines is 4. The summed E-state index contributed by atoms with van der Waals surface area (Å²) in [6, 6.07) is 10.9. The molecule has 0 aliphatic heterocycles. The minimum absolute atomic E-state index is 0.607. The van der Waals surface area contributed by atoms with Crippen molar-refractivity contribution < 1.29 is 4.74 Å². The monoisotopic (exact) mass is 314 g/mol. The highest BCUT2D eigenvalue weighted by molar-refractivity contribution is 5.60. The minimum Gasteiger partial charge on any atom is -0.399 e. The van der Waals surface area contributed by atoms with Gasteiger partial charge in [-0.05, 0) is 52.0 Å². The molecule has 0 aromatic heterocycles. The van der Waals surface area contributed by atoms with Crippen molar-refractivity contribution in [2.24, 2.45) is 0 Å². The van der Waals surface area contributed by atoms with Crippen LogP contribution in [0, 0.1) is 0 Å². The molecule has 0 amide bonds. The van der Waals surface area contributed by atoms with E-state index in [-0.39, 0.29) is 0 Å². The first-order valence-electron chi connectivity index (χ1n) is 7.54. The van der Waals surface area contributed by atoms with Crippen molar-refractivity contribution in [3.63, 3.8) is 0 Å². The molecule has 124 valence electrons. The molecule has 5 heteroatoms. The fourth-order valence-electron chi connectivity index (χ4n) is 3.01. The van der Waals surface area contributed by atoms with Crippen LogP contribution in [0.5, 0.6) is 0 Å². The lowest BCUT2D eigenvalue weighted by atomic mass is 9.91. The van der Waals surface area contributed by atoms with Crippen LogP contribution in [0.1, 0.15) is 38.8 Å². The van der Waals surface area contributed by atoms with E-state index < -0.39 is 11.2 Å². The SMILES string of the molecule is CC(C)(OC(C)(C)c1ccc(N)cc1N)c1ccc(N)cc1N. The summed E-state index contributed by atoms with van der Waals surface area (Å²) in [7, 11) is 0. The van der Waals surface area contributed by atoms with Crippen molar-refractivity contribution in [1.29, 1.82) is 0 Å². The van der Waals surface area contributed by atoms with Crippen molar-refractivity contribution in [3.05, 3.63) is 47.5 Å². The van der Waals surface area contributed by atoms with Gasteiger partial charge >= 0.3 is 0 Å². The summed E-state index contributed by atoms with van der Waals surface area (Å²) in [5.74, 6) is 0. The van der Waals surface area contributed by atoms with E-state index in [2.05, 4.69) is 0 Å². The normalized spacial score (nSPS) is 12.3. The van der Waals surface area contributed by atoms with Crippen LogP contribution in [0.2, 0.25) is 0 Å². The van der Waals surface area contributed by atoms with Crippen LogP contribution in [-0.2, 0) is 15.9 Å². The average molecular weight is 314 g/mol. The Labute approximate surface area is 137 Å². The van der Waals surface area contributed by atoms with E-state index in [1.165, 1.54) is 0 Å². The van der Waals surface area contributed by atoms with Gasteiger partial charge in [-0.15, -0.1) is 0 Å². The third-order valence-corrected chi connectivity index (χ3v) is 3.96. The zero-order valence-electron chi connectivity index (χ0n) is 14.2. The Morgan fingerprint density at radius 2 is 1.00 bits per heavy atom. The molecular weight excluding hydrogens is 288 g/mol. The van der Waals surface area contributed by atoms with Crippen LogP contribution in [0.15, 0.2) is 36.4 Å². The van der Waals surface area contributed by atoms with E-state index in [4.69, 9.17) is 27.7 Å². The van der Waals surface area contributed by atoms with Crippen molar-refractivity contribution in [3.8, 4) is 0 Å². The van der Waals surface area contributed by atoms with Crippen LogP contribution < -0.4 is 22.9 Å². The highest BCUT2D eigenvalue weighted by Gasteiger charge is 2.34. The molecule has 2 aromatic carbocycles. The molecule has 8 N–H and O–H groups in total. The summed E-state index contributed by atoms with van der Waals surface area (Å²) in [5, 5.41) is 0. The number of rotatable bonds is 4. The van der Waals surface area contributed by atoms with Crippen molar-refractivity contribution >= 4 is 22.7 Å². The van der Waals surface area contributed by atoms with Crippen LogP contribution in [-0.4, -0.2) is 0 Å². The van der Waals surface area contributed by atoms with Gasteiger partial charge in [0.1, 0.15) is 0 Å². The summed E-state index contributed by atoms with van der Waals surface area (Å²) in [6.45, 7) is 7.91. The van der Waals surface area contributed by atoms with Crippen LogP contribution in [0.3, 0.4) is 0 Å². The lowest BCUT2D eigenvalue weighted by molar-refractivity contribution is -0.131. The fourth-order valence-corrected chi connectivity index (χ4v) is 3.01. The first-order valence-corrected chi connectivity index (χ1v) is 7.54. The topological polar surface area (TPSA) is 113 Å². The van der Waals surface area contributed by atoms with Crippen LogP contribution >= 0.6 is 0 Å². The zero-order valence-corrected chi connectivity index (χ0v) is 14.2. The minimum atomic E-state index is -0.616. The molecule has 2 aromatic rings. The second kappa shape index (κ2) is 5.66. The predicted molar refractivity (Wildman–Crippen MR) is 97.7 cm³/mol. The average Bonchev–Trinajstić information content (AvgIpc) is 2.35. The van der Waals surface area contributed by atoms with Gasteiger partial charge in [0.15, 0.2) is 0 Å². The number of hydrogen-bond acceptors (Lipinski definition) is 5. The van der Waals surface area contributed by atoms with E-state index in [0.717, 1.165) is 11.1 Å². The van der Waals surface area contributed by atoms with Crippen molar-refractivity contribution in [2.45, 2.75) is 38.9 Å². The zero-order chi connectivity index (χ0) is 17.4. The second-order valence-corrected chi connectivity index (χ2v) is 6.82. The molecule has 0 spiro atoms. The third kappa shape index (κ3) is 3.51. The highest BCUT2D eigenvalue weighted by Crippen LogP contribution is 2.40. The Kier molecular flexibility index (Phi) is 4.18. The number of ether oxygens (including phenoxy) is 1. The molecule has 0 saturated carbocycles. The lowest BCUT2D eigenvalue weighted by Gasteiger charge is -2.38. The molecule has 23 heavy (non-hydrogen) atoms. The molecule has 0 atom stereocenters. The Morgan fingerprint density at radius 1 is 0.652 bits per heavy atom. The van der Waals surface area contributed by atoms with Gasteiger partial charge in [-0.2, -0.15) is 0 Å². The van der Waals surface area contributed by atoms with E-state index >= 15 is 0 Å². The molecule has 0 saturated heterocycles. The fraction of sp³-hybridized carbons (Fsp3) is 0.333.